The highest BCUT2D eigenvalue weighted by atomic mass is 79.9. The molecule has 1 rings (SSSR count). The van der Waals surface area contributed by atoms with Gasteiger partial charge in [0.15, 0.2) is 0 Å². The lowest BCUT2D eigenvalue weighted by Crippen LogP contribution is -1.92. The van der Waals surface area contributed by atoms with Crippen LogP contribution in [-0.2, 0) is 0 Å². The second kappa shape index (κ2) is 4.35. The van der Waals surface area contributed by atoms with Gasteiger partial charge in [-0.3, -0.25) is 0 Å². The van der Waals surface area contributed by atoms with Gasteiger partial charge in [-0.25, -0.2) is 0 Å². The van der Waals surface area contributed by atoms with Crippen LogP contribution in [0.15, 0.2) is 16.6 Å². The molecule has 12 heavy (non-hydrogen) atoms. The number of halogens is 3. The highest BCUT2D eigenvalue weighted by Gasteiger charge is 2.05. The van der Waals surface area contributed by atoms with Crippen LogP contribution in [0.4, 0.5) is 0 Å². The summed E-state index contributed by atoms with van der Waals surface area (Å²) in [4.78, 5) is 0. The summed E-state index contributed by atoms with van der Waals surface area (Å²) in [6.45, 7) is 2.52. The summed E-state index contributed by atoms with van der Waals surface area (Å²) >= 11 is 14.9. The molecule has 0 aliphatic carbocycles. The summed E-state index contributed by atoms with van der Waals surface area (Å²) in [5, 5.41) is 1.02. The van der Waals surface area contributed by atoms with Crippen LogP contribution in [-0.4, -0.2) is 6.61 Å². The lowest BCUT2D eigenvalue weighted by atomic mass is 10.3. The zero-order valence-electron chi connectivity index (χ0n) is 6.40. The van der Waals surface area contributed by atoms with Gasteiger partial charge in [0, 0.05) is 6.07 Å². The lowest BCUT2D eigenvalue weighted by molar-refractivity contribution is 0.338. The Kier molecular flexibility index (Phi) is 3.69. The molecule has 66 valence electrons. The minimum absolute atomic E-state index is 0.503. The highest BCUT2D eigenvalue weighted by Crippen LogP contribution is 2.33. The van der Waals surface area contributed by atoms with Crippen molar-refractivity contribution in [2.75, 3.05) is 6.61 Å². The predicted molar refractivity (Wildman–Crippen MR) is 55.3 cm³/mol. The second-order valence-corrected chi connectivity index (χ2v) is 3.80. The van der Waals surface area contributed by atoms with E-state index in [4.69, 9.17) is 27.9 Å². The van der Waals surface area contributed by atoms with Gasteiger partial charge < -0.3 is 4.74 Å². The van der Waals surface area contributed by atoms with Crippen LogP contribution >= 0.6 is 39.1 Å². The van der Waals surface area contributed by atoms with Gasteiger partial charge in [-0.1, -0.05) is 23.2 Å². The molecule has 0 bridgehead atoms. The second-order valence-electron chi connectivity index (χ2n) is 2.13. The largest absolute Gasteiger partial charge is 0.493 e. The van der Waals surface area contributed by atoms with E-state index >= 15 is 0 Å². The summed E-state index contributed by atoms with van der Waals surface area (Å²) in [5.41, 5.74) is 0. The maximum absolute atomic E-state index is 5.79. The molecule has 0 heterocycles. The zero-order chi connectivity index (χ0) is 9.14. The van der Waals surface area contributed by atoms with E-state index in [2.05, 4.69) is 15.9 Å². The van der Waals surface area contributed by atoms with Gasteiger partial charge >= 0.3 is 0 Å². The summed E-state index contributed by atoms with van der Waals surface area (Å²) in [6.07, 6.45) is 0. The molecule has 0 radical (unpaired) electrons. The van der Waals surface area contributed by atoms with Crippen molar-refractivity contribution in [1.82, 2.24) is 0 Å². The number of hydrogen-bond donors (Lipinski definition) is 0. The van der Waals surface area contributed by atoms with Crippen molar-refractivity contribution < 1.29 is 4.74 Å². The van der Waals surface area contributed by atoms with E-state index in [-0.39, 0.29) is 0 Å². The van der Waals surface area contributed by atoms with Crippen molar-refractivity contribution in [3.8, 4) is 5.75 Å². The van der Waals surface area contributed by atoms with Gasteiger partial charge in [0.05, 0.1) is 21.1 Å². The average molecular weight is 270 g/mol. The molecular formula is C8H7BrCl2O. The predicted octanol–water partition coefficient (Wildman–Crippen LogP) is 4.15. The number of hydrogen-bond acceptors (Lipinski definition) is 1. The summed E-state index contributed by atoms with van der Waals surface area (Å²) in [6, 6.07) is 3.41. The third-order valence-electron chi connectivity index (χ3n) is 1.27. The molecule has 0 amide bonds. The van der Waals surface area contributed by atoms with Gasteiger partial charge in [0.1, 0.15) is 5.75 Å². The monoisotopic (exact) mass is 268 g/mol. The van der Waals surface area contributed by atoms with Crippen molar-refractivity contribution in [2.24, 2.45) is 0 Å². The fourth-order valence-corrected chi connectivity index (χ4v) is 1.68. The Hall–Kier alpha value is 0.0800. The van der Waals surface area contributed by atoms with Crippen molar-refractivity contribution in [3.05, 3.63) is 26.7 Å². The summed E-state index contributed by atoms with van der Waals surface area (Å²) < 4.78 is 6.10. The molecule has 1 nitrogen and oxygen atoms in total. The van der Waals surface area contributed by atoms with Crippen molar-refractivity contribution in [3.63, 3.8) is 0 Å². The molecule has 0 aromatic heterocycles. The normalized spacial score (nSPS) is 10.0. The maximum Gasteiger partial charge on any atom is 0.135 e. The Bertz CT molecular complexity index is 289. The Morgan fingerprint density at radius 3 is 2.50 bits per heavy atom. The van der Waals surface area contributed by atoms with E-state index in [1.807, 2.05) is 6.92 Å². The van der Waals surface area contributed by atoms with Crippen molar-refractivity contribution >= 4 is 39.1 Å². The Balaban J connectivity index is 3.05. The standard InChI is InChI=1S/C8H7BrCl2O/c1-2-12-8-4-7(11)6(10)3-5(8)9/h3-4H,2H2,1H3. The van der Waals surface area contributed by atoms with Gasteiger partial charge in [-0.15, -0.1) is 0 Å². The lowest BCUT2D eigenvalue weighted by Gasteiger charge is -2.06. The van der Waals surface area contributed by atoms with Crippen LogP contribution < -0.4 is 4.74 Å². The van der Waals surface area contributed by atoms with E-state index in [0.29, 0.717) is 22.4 Å². The molecule has 1 aromatic rings. The smallest absolute Gasteiger partial charge is 0.135 e. The van der Waals surface area contributed by atoms with E-state index < -0.39 is 0 Å². The third kappa shape index (κ3) is 2.28. The topological polar surface area (TPSA) is 9.23 Å². The first-order valence-electron chi connectivity index (χ1n) is 3.42. The minimum Gasteiger partial charge on any atom is -0.493 e. The van der Waals surface area contributed by atoms with Crippen LogP contribution in [0.1, 0.15) is 6.92 Å². The van der Waals surface area contributed by atoms with Crippen LogP contribution in [0.2, 0.25) is 10.0 Å². The van der Waals surface area contributed by atoms with Gasteiger partial charge in [0.25, 0.3) is 0 Å². The Labute approximate surface area is 89.7 Å². The number of benzene rings is 1. The first kappa shape index (κ1) is 10.2. The molecule has 0 fully saturated rings. The first-order chi connectivity index (χ1) is 5.65. The minimum atomic E-state index is 0.503. The molecule has 0 aliphatic heterocycles. The van der Waals surface area contributed by atoms with Crippen LogP contribution in [0.25, 0.3) is 0 Å². The van der Waals surface area contributed by atoms with Crippen LogP contribution in [0.5, 0.6) is 5.75 Å². The SMILES string of the molecule is CCOc1cc(Cl)c(Cl)cc1Br. The molecule has 0 N–H and O–H groups in total. The Morgan fingerprint density at radius 1 is 1.33 bits per heavy atom. The fraction of sp³-hybridized carbons (Fsp3) is 0.250. The highest BCUT2D eigenvalue weighted by molar-refractivity contribution is 9.10. The average Bonchev–Trinajstić information content (AvgIpc) is 2.01. The van der Waals surface area contributed by atoms with Gasteiger partial charge in [-0.2, -0.15) is 0 Å². The van der Waals surface area contributed by atoms with E-state index in [0.717, 1.165) is 4.47 Å². The van der Waals surface area contributed by atoms with Crippen LogP contribution in [0.3, 0.4) is 0 Å². The third-order valence-corrected chi connectivity index (χ3v) is 2.62. The quantitative estimate of drug-likeness (QED) is 0.733. The van der Waals surface area contributed by atoms with E-state index in [9.17, 15) is 0 Å². The van der Waals surface area contributed by atoms with E-state index in [1.165, 1.54) is 0 Å². The van der Waals surface area contributed by atoms with E-state index in [1.54, 1.807) is 12.1 Å². The van der Waals surface area contributed by atoms with Crippen LogP contribution in [0, 0.1) is 0 Å². The number of ether oxygens (including phenoxy) is 1. The molecule has 0 unspecified atom stereocenters. The Morgan fingerprint density at radius 2 is 1.92 bits per heavy atom. The van der Waals surface area contributed by atoms with Gasteiger partial charge in [0.2, 0.25) is 0 Å². The molecular weight excluding hydrogens is 263 g/mol. The summed E-state index contributed by atoms with van der Waals surface area (Å²) in [5.74, 6) is 0.715. The molecule has 0 saturated carbocycles. The van der Waals surface area contributed by atoms with Crippen molar-refractivity contribution in [2.45, 2.75) is 6.92 Å². The number of rotatable bonds is 2. The zero-order valence-corrected chi connectivity index (χ0v) is 9.50. The van der Waals surface area contributed by atoms with Crippen molar-refractivity contribution in [1.29, 1.82) is 0 Å². The first-order valence-corrected chi connectivity index (χ1v) is 4.97. The fourth-order valence-electron chi connectivity index (χ4n) is 0.770. The summed E-state index contributed by atoms with van der Waals surface area (Å²) in [7, 11) is 0. The molecule has 4 heteroatoms. The molecule has 1 aromatic carbocycles. The molecule has 0 spiro atoms. The maximum atomic E-state index is 5.79. The molecule has 0 saturated heterocycles. The molecule has 0 atom stereocenters. The van der Waals surface area contributed by atoms with Gasteiger partial charge in [-0.05, 0) is 28.9 Å². The molecule has 0 aliphatic rings.